The summed E-state index contributed by atoms with van der Waals surface area (Å²) in [5.41, 5.74) is 0.174. The second kappa shape index (κ2) is 6.74. The van der Waals surface area contributed by atoms with Gasteiger partial charge in [0.25, 0.3) is 0 Å². The fourth-order valence-electron chi connectivity index (χ4n) is 2.86. The second-order valence-corrected chi connectivity index (χ2v) is 8.62. The molecule has 2 amide bonds. The minimum Gasteiger partial charge on any atom is -0.339 e. The highest BCUT2D eigenvalue weighted by molar-refractivity contribution is 5.75. The fraction of sp³-hybridized carbons (Fsp3) is 0.550. The maximum atomic E-state index is 12.6. The van der Waals surface area contributed by atoms with Crippen LogP contribution in [0.15, 0.2) is 34.9 Å². The van der Waals surface area contributed by atoms with Gasteiger partial charge in [-0.3, -0.25) is 0 Å². The van der Waals surface area contributed by atoms with Gasteiger partial charge in [0.05, 0.1) is 11.6 Å². The molecule has 3 rings (SSSR count). The van der Waals surface area contributed by atoms with Gasteiger partial charge in [-0.15, -0.1) is 0 Å². The number of nitrogens with one attached hydrogen (secondary N) is 2. The zero-order valence-electron chi connectivity index (χ0n) is 16.2. The molecule has 0 aliphatic heterocycles. The minimum absolute atomic E-state index is 0.0300. The third kappa shape index (κ3) is 4.23. The van der Waals surface area contributed by atoms with E-state index in [4.69, 9.17) is 4.52 Å². The lowest BCUT2D eigenvalue weighted by atomic mass is 9.97. The summed E-state index contributed by atoms with van der Waals surface area (Å²) in [5.74, 6) is 1.53. The van der Waals surface area contributed by atoms with Gasteiger partial charge >= 0.3 is 6.03 Å². The lowest BCUT2D eigenvalue weighted by Crippen LogP contribution is -2.48. The first kappa shape index (κ1) is 18.4. The normalized spacial score (nSPS) is 16.2. The Morgan fingerprint density at radius 1 is 1.15 bits per heavy atom. The molecule has 0 radical (unpaired) electrons. The Morgan fingerprint density at radius 3 is 2.35 bits per heavy atom. The van der Waals surface area contributed by atoms with E-state index in [0.717, 1.165) is 18.4 Å². The molecular weight excluding hydrogens is 328 g/mol. The van der Waals surface area contributed by atoms with Crippen molar-refractivity contribution in [3.63, 3.8) is 0 Å². The molecule has 6 heteroatoms. The van der Waals surface area contributed by atoms with E-state index < -0.39 is 5.54 Å². The van der Waals surface area contributed by atoms with Crippen LogP contribution in [0.4, 0.5) is 4.79 Å². The first-order chi connectivity index (χ1) is 12.2. The van der Waals surface area contributed by atoms with Crippen LogP contribution < -0.4 is 10.6 Å². The van der Waals surface area contributed by atoms with Crippen molar-refractivity contribution >= 4 is 6.03 Å². The van der Waals surface area contributed by atoms with Gasteiger partial charge in [0, 0.05) is 5.41 Å². The maximum absolute atomic E-state index is 12.6. The van der Waals surface area contributed by atoms with Gasteiger partial charge in [-0.2, -0.15) is 4.98 Å². The smallest absolute Gasteiger partial charge is 0.316 e. The van der Waals surface area contributed by atoms with Crippen LogP contribution in [0.2, 0.25) is 0 Å². The van der Waals surface area contributed by atoms with Crippen molar-refractivity contribution in [2.24, 2.45) is 5.92 Å². The highest BCUT2D eigenvalue weighted by Gasteiger charge is 2.36. The van der Waals surface area contributed by atoms with Gasteiger partial charge in [0.15, 0.2) is 5.82 Å². The largest absolute Gasteiger partial charge is 0.339 e. The molecule has 2 N–H and O–H groups in total. The van der Waals surface area contributed by atoms with Crippen LogP contribution in [0.5, 0.6) is 0 Å². The van der Waals surface area contributed by atoms with Gasteiger partial charge in [0.2, 0.25) is 5.89 Å². The van der Waals surface area contributed by atoms with Gasteiger partial charge < -0.3 is 15.2 Å². The Kier molecular flexibility index (Phi) is 4.78. The quantitative estimate of drug-likeness (QED) is 0.847. The highest BCUT2D eigenvalue weighted by atomic mass is 16.5. The topological polar surface area (TPSA) is 80.0 Å². The lowest BCUT2D eigenvalue weighted by molar-refractivity contribution is 0.222. The molecule has 1 aromatic heterocycles. The molecule has 1 fully saturated rings. The number of carbonyl (C=O) groups is 1. The van der Waals surface area contributed by atoms with Crippen LogP contribution in [0.25, 0.3) is 0 Å². The number of nitrogens with zero attached hydrogens (tertiary/aromatic N) is 2. The number of carbonyl (C=O) groups excluding carboxylic acids is 1. The Morgan fingerprint density at radius 2 is 1.81 bits per heavy atom. The highest BCUT2D eigenvalue weighted by Crippen LogP contribution is 2.41. The summed E-state index contributed by atoms with van der Waals surface area (Å²) in [4.78, 5) is 17.1. The van der Waals surface area contributed by atoms with Crippen molar-refractivity contribution in [1.29, 1.82) is 0 Å². The Balaban J connectivity index is 1.69. The van der Waals surface area contributed by atoms with Gasteiger partial charge in [0.1, 0.15) is 0 Å². The summed E-state index contributed by atoms with van der Waals surface area (Å²) in [5, 5.41) is 10.2. The average Bonchev–Trinajstić information content (AvgIpc) is 3.25. The van der Waals surface area contributed by atoms with Crippen molar-refractivity contribution in [3.05, 3.63) is 47.6 Å². The Bertz CT molecular complexity index is 758. The number of rotatable bonds is 5. The van der Waals surface area contributed by atoms with E-state index >= 15 is 0 Å². The van der Waals surface area contributed by atoms with Gasteiger partial charge in [-0.1, -0.05) is 56.3 Å². The van der Waals surface area contributed by atoms with Crippen molar-refractivity contribution in [2.75, 3.05) is 0 Å². The second-order valence-electron chi connectivity index (χ2n) is 8.62. The van der Waals surface area contributed by atoms with Crippen LogP contribution in [-0.4, -0.2) is 16.2 Å². The molecule has 140 valence electrons. The van der Waals surface area contributed by atoms with E-state index in [2.05, 4.69) is 32.9 Å². The zero-order valence-corrected chi connectivity index (χ0v) is 16.2. The van der Waals surface area contributed by atoms with Crippen molar-refractivity contribution < 1.29 is 9.32 Å². The van der Waals surface area contributed by atoms with E-state index in [0.29, 0.717) is 17.6 Å². The Hall–Kier alpha value is -2.37. The number of aromatic nitrogens is 2. The Labute approximate surface area is 154 Å². The first-order valence-corrected chi connectivity index (χ1v) is 9.15. The maximum Gasteiger partial charge on any atom is 0.316 e. The monoisotopic (exact) mass is 356 g/mol. The third-order valence-electron chi connectivity index (χ3n) is 4.59. The predicted molar refractivity (Wildman–Crippen MR) is 99.6 cm³/mol. The van der Waals surface area contributed by atoms with Crippen molar-refractivity contribution in [1.82, 2.24) is 20.8 Å². The SMILES string of the molecule is CC(C)(C)c1nc(C(C)(C)NC(=O)N[C@@H](c2ccccc2)C2CC2)no1. The molecule has 1 aromatic carbocycles. The van der Waals surface area contributed by atoms with Gasteiger partial charge in [-0.25, -0.2) is 4.79 Å². The molecular formula is C20H28N4O2. The number of hydrogen-bond donors (Lipinski definition) is 2. The van der Waals surface area contributed by atoms with Crippen LogP contribution in [0, 0.1) is 5.92 Å². The number of urea groups is 1. The zero-order chi connectivity index (χ0) is 18.9. The molecule has 1 heterocycles. The molecule has 1 atom stereocenters. The van der Waals surface area contributed by atoms with Crippen LogP contribution in [0.3, 0.4) is 0 Å². The predicted octanol–water partition coefficient (Wildman–Crippen LogP) is 4.05. The van der Waals surface area contributed by atoms with E-state index in [-0.39, 0.29) is 17.5 Å². The van der Waals surface area contributed by atoms with E-state index in [1.165, 1.54) is 0 Å². The molecule has 0 saturated heterocycles. The average molecular weight is 356 g/mol. The molecule has 1 saturated carbocycles. The molecule has 0 unspecified atom stereocenters. The molecule has 0 spiro atoms. The molecule has 6 nitrogen and oxygen atoms in total. The third-order valence-corrected chi connectivity index (χ3v) is 4.59. The minimum atomic E-state index is -0.734. The van der Waals surface area contributed by atoms with Crippen LogP contribution >= 0.6 is 0 Å². The van der Waals surface area contributed by atoms with Crippen molar-refractivity contribution in [3.8, 4) is 0 Å². The summed E-state index contributed by atoms with van der Waals surface area (Å²) >= 11 is 0. The van der Waals surface area contributed by atoms with Crippen LogP contribution in [-0.2, 0) is 11.0 Å². The standard InChI is InChI=1S/C20H28N4O2/c1-19(2,3)17-22-16(24-26-17)20(4,5)23-18(25)21-15(14-11-12-14)13-9-7-6-8-10-13/h6-10,14-15H,11-12H2,1-5H3,(H2,21,23,25)/t15-/m0/s1. The van der Waals surface area contributed by atoms with E-state index in [1.54, 1.807) is 0 Å². The van der Waals surface area contributed by atoms with E-state index in [9.17, 15) is 4.79 Å². The number of amides is 2. The fourth-order valence-corrected chi connectivity index (χ4v) is 2.86. The van der Waals surface area contributed by atoms with Gasteiger partial charge in [-0.05, 0) is 38.2 Å². The molecule has 2 aromatic rings. The molecule has 1 aliphatic rings. The molecule has 0 bridgehead atoms. The molecule has 1 aliphatic carbocycles. The molecule has 26 heavy (non-hydrogen) atoms. The number of benzene rings is 1. The first-order valence-electron chi connectivity index (χ1n) is 9.15. The summed E-state index contributed by atoms with van der Waals surface area (Å²) in [6.07, 6.45) is 2.28. The number of hydrogen-bond acceptors (Lipinski definition) is 4. The summed E-state index contributed by atoms with van der Waals surface area (Å²) in [7, 11) is 0. The summed E-state index contributed by atoms with van der Waals surface area (Å²) in [6.45, 7) is 9.78. The summed E-state index contributed by atoms with van der Waals surface area (Å²) in [6, 6.07) is 9.91. The summed E-state index contributed by atoms with van der Waals surface area (Å²) < 4.78 is 5.36. The van der Waals surface area contributed by atoms with Crippen molar-refractivity contribution in [2.45, 2.75) is 64.5 Å². The van der Waals surface area contributed by atoms with E-state index in [1.807, 2.05) is 52.8 Å². The van der Waals surface area contributed by atoms with Crippen LogP contribution in [0.1, 0.15) is 70.8 Å². The lowest BCUT2D eigenvalue weighted by Gasteiger charge is -2.25.